The molecule has 3 aromatic carbocycles. The Hall–Kier alpha value is -4.20. The highest BCUT2D eigenvalue weighted by Crippen LogP contribution is 2.36. The number of imidazole rings is 1. The van der Waals surface area contributed by atoms with Crippen LogP contribution >= 0.6 is 0 Å². The van der Waals surface area contributed by atoms with Crippen LogP contribution in [0.2, 0.25) is 0 Å². The van der Waals surface area contributed by atoms with Gasteiger partial charge in [-0.2, -0.15) is 39.5 Å². The molecule has 0 unspecified atom stereocenters. The maximum atomic E-state index is 14.5. The first-order chi connectivity index (χ1) is 21.8. The molecule has 0 aliphatic rings. The molecule has 46 heavy (non-hydrogen) atoms. The second kappa shape index (κ2) is 14.9. The lowest BCUT2D eigenvalue weighted by atomic mass is 10.1. The summed E-state index contributed by atoms with van der Waals surface area (Å²) in [5.41, 5.74) is 0.0172. The van der Waals surface area contributed by atoms with Crippen molar-refractivity contribution in [2.24, 2.45) is 0 Å². The molecule has 0 N–H and O–H groups in total. The van der Waals surface area contributed by atoms with Crippen LogP contribution in [0.3, 0.4) is 0 Å². The molecule has 4 rings (SSSR count). The summed E-state index contributed by atoms with van der Waals surface area (Å²) in [5, 5.41) is 0. The van der Waals surface area contributed by atoms with Gasteiger partial charge in [0.1, 0.15) is 17.3 Å². The minimum atomic E-state index is -4.83. The number of unbranched alkanes of at least 4 members (excludes halogenated alkanes) is 1. The van der Waals surface area contributed by atoms with Gasteiger partial charge < -0.3 is 14.0 Å². The molecular formula is C32H30F9N3O2. The number of rotatable bonds is 15. The Bertz CT molecular complexity index is 1540. The van der Waals surface area contributed by atoms with Crippen molar-refractivity contribution in [2.75, 3.05) is 0 Å². The molecule has 0 aliphatic carbocycles. The van der Waals surface area contributed by atoms with Gasteiger partial charge in [0.05, 0.1) is 5.69 Å². The van der Waals surface area contributed by atoms with E-state index in [1.54, 1.807) is 35.2 Å². The van der Waals surface area contributed by atoms with Crippen molar-refractivity contribution in [1.29, 1.82) is 0 Å². The van der Waals surface area contributed by atoms with Crippen LogP contribution in [0.1, 0.15) is 42.3 Å². The largest absolute Gasteiger partial charge is 0.461 e. The molecule has 0 amide bonds. The summed E-state index contributed by atoms with van der Waals surface area (Å²) in [5.74, 6) is -0.569. The molecule has 0 atom stereocenters. The molecular weight excluding hydrogens is 629 g/mol. The second-order valence-corrected chi connectivity index (χ2v) is 10.4. The average Bonchev–Trinajstić information content (AvgIpc) is 3.35. The monoisotopic (exact) mass is 659 g/mol. The van der Waals surface area contributed by atoms with Gasteiger partial charge >= 0.3 is 25.3 Å². The van der Waals surface area contributed by atoms with E-state index < -0.39 is 36.8 Å². The van der Waals surface area contributed by atoms with Crippen molar-refractivity contribution in [2.45, 2.75) is 71.3 Å². The third-order valence-electron chi connectivity index (χ3n) is 6.85. The maximum absolute atomic E-state index is 14.5. The number of benzene rings is 3. The number of hydrogen-bond donors (Lipinski definition) is 0. The molecule has 0 bridgehead atoms. The molecule has 0 saturated carbocycles. The first-order valence-electron chi connectivity index (χ1n) is 14.2. The van der Waals surface area contributed by atoms with Crippen molar-refractivity contribution in [3.8, 4) is 22.9 Å². The molecule has 0 radical (unpaired) electrons. The number of alkyl halides is 9. The molecule has 14 heteroatoms. The summed E-state index contributed by atoms with van der Waals surface area (Å²) < 4.78 is 132. The fourth-order valence-corrected chi connectivity index (χ4v) is 4.82. The smallest absolute Gasteiger partial charge is 0.435 e. The normalized spacial score (nSPS) is 12.4. The molecule has 1 heterocycles. The predicted molar refractivity (Wildman–Crippen MR) is 152 cm³/mol. The fraction of sp³-hybridized carbons (Fsp3) is 0.344. The van der Waals surface area contributed by atoms with Gasteiger partial charge in [0.25, 0.3) is 0 Å². The highest BCUT2D eigenvalue weighted by atomic mass is 19.4. The van der Waals surface area contributed by atoms with Gasteiger partial charge in [0.15, 0.2) is 5.69 Å². The third-order valence-corrected chi connectivity index (χ3v) is 6.85. The summed E-state index contributed by atoms with van der Waals surface area (Å²) in [6.07, 6.45) is -12.5. The minimum absolute atomic E-state index is 0.0236. The summed E-state index contributed by atoms with van der Waals surface area (Å²) in [7, 11) is 0. The van der Waals surface area contributed by atoms with Gasteiger partial charge in [-0.05, 0) is 41.8 Å². The van der Waals surface area contributed by atoms with E-state index >= 15 is 0 Å². The Labute approximate surface area is 259 Å². The molecule has 4 aromatic rings. The lowest BCUT2D eigenvalue weighted by Crippen LogP contribution is -2.33. The number of hydrogen-bond acceptors (Lipinski definition) is 4. The van der Waals surface area contributed by atoms with Crippen molar-refractivity contribution in [1.82, 2.24) is 14.5 Å². The second-order valence-electron chi connectivity index (χ2n) is 10.4. The fourth-order valence-electron chi connectivity index (χ4n) is 4.82. The molecule has 5 nitrogen and oxygen atoms in total. The van der Waals surface area contributed by atoms with E-state index in [-0.39, 0.29) is 49.0 Å². The molecule has 248 valence electrons. The van der Waals surface area contributed by atoms with Crippen LogP contribution in [-0.4, -0.2) is 33.6 Å². The van der Waals surface area contributed by atoms with Crippen LogP contribution in [0.15, 0.2) is 78.9 Å². The Balaban J connectivity index is 1.76. The van der Waals surface area contributed by atoms with Crippen molar-refractivity contribution >= 4 is 0 Å². The van der Waals surface area contributed by atoms with E-state index in [1.807, 2.05) is 6.92 Å². The molecule has 0 aliphatic heterocycles. The van der Waals surface area contributed by atoms with E-state index in [1.165, 1.54) is 41.0 Å². The Morgan fingerprint density at radius 2 is 1.46 bits per heavy atom. The Kier molecular flexibility index (Phi) is 11.3. The lowest BCUT2D eigenvalue weighted by molar-refractivity contribution is -0.253. The zero-order chi connectivity index (χ0) is 33.5. The topological polar surface area (TPSA) is 39.5 Å². The lowest BCUT2D eigenvalue weighted by Gasteiger charge is -2.25. The van der Waals surface area contributed by atoms with Gasteiger partial charge in [0.2, 0.25) is 0 Å². The van der Waals surface area contributed by atoms with E-state index in [4.69, 9.17) is 0 Å². The van der Waals surface area contributed by atoms with Crippen molar-refractivity contribution < 1.29 is 49.0 Å². The Morgan fingerprint density at radius 1 is 0.783 bits per heavy atom. The van der Waals surface area contributed by atoms with Crippen LogP contribution in [-0.2, 0) is 32.4 Å². The summed E-state index contributed by atoms with van der Waals surface area (Å²) in [6, 6.07) is 18.8. The highest BCUT2D eigenvalue weighted by molar-refractivity contribution is 5.57. The van der Waals surface area contributed by atoms with Crippen LogP contribution in [0.5, 0.6) is 11.5 Å². The Morgan fingerprint density at radius 3 is 2.07 bits per heavy atom. The molecule has 0 spiro atoms. The summed E-state index contributed by atoms with van der Waals surface area (Å²) >= 11 is 0. The van der Waals surface area contributed by atoms with Crippen LogP contribution in [0.25, 0.3) is 11.4 Å². The zero-order valence-corrected chi connectivity index (χ0v) is 24.5. The number of halogens is 9. The number of nitrogens with zero attached hydrogens (tertiary/aromatic N) is 3. The predicted octanol–water partition coefficient (Wildman–Crippen LogP) is 9.41. The van der Waals surface area contributed by atoms with Gasteiger partial charge in [0, 0.05) is 31.7 Å². The van der Waals surface area contributed by atoms with Crippen LogP contribution in [0, 0.1) is 0 Å². The van der Waals surface area contributed by atoms with E-state index in [0.717, 1.165) is 12.1 Å². The van der Waals surface area contributed by atoms with Crippen molar-refractivity contribution in [3.63, 3.8) is 0 Å². The third kappa shape index (κ3) is 9.18. The summed E-state index contributed by atoms with van der Waals surface area (Å²) in [6.45, 7) is -1.43. The number of ether oxygens (including phenoxy) is 2. The van der Waals surface area contributed by atoms with Gasteiger partial charge in [-0.25, -0.2) is 4.98 Å². The van der Waals surface area contributed by atoms with Gasteiger partial charge in [-0.1, -0.05) is 67.9 Å². The standard InChI is InChI=1S/C32H30F9N3O2/c1-2-3-16-44-26(27(31(37,38)39)42-28(44)23-9-5-4-6-10-23)20-43(18-21-12-14-24(15-13-21)45-30(35)36)19-22-8-7-11-25(17-22)46-32(40,41)29(33)34/h4-15,17,29-30H,2-3,16,18-20H2,1H3. The summed E-state index contributed by atoms with van der Waals surface area (Å²) in [4.78, 5) is 5.60. The molecule has 1 aromatic heterocycles. The van der Waals surface area contributed by atoms with E-state index in [2.05, 4.69) is 14.5 Å². The first-order valence-corrected chi connectivity index (χ1v) is 14.2. The van der Waals surface area contributed by atoms with Gasteiger partial charge in [-0.15, -0.1) is 0 Å². The zero-order valence-electron chi connectivity index (χ0n) is 24.5. The van der Waals surface area contributed by atoms with E-state index in [0.29, 0.717) is 24.0 Å². The first kappa shape index (κ1) is 34.7. The van der Waals surface area contributed by atoms with Gasteiger partial charge in [-0.3, -0.25) is 4.90 Å². The maximum Gasteiger partial charge on any atom is 0.461 e. The number of aromatic nitrogens is 2. The highest BCUT2D eigenvalue weighted by Gasteiger charge is 2.44. The molecule has 0 saturated heterocycles. The average molecular weight is 660 g/mol. The molecule has 0 fully saturated rings. The van der Waals surface area contributed by atoms with E-state index in [9.17, 15) is 39.5 Å². The van der Waals surface area contributed by atoms with Crippen LogP contribution in [0.4, 0.5) is 39.5 Å². The quantitative estimate of drug-likeness (QED) is 0.119. The van der Waals surface area contributed by atoms with Crippen LogP contribution < -0.4 is 9.47 Å². The SMILES string of the molecule is CCCCn1c(-c2ccccc2)nc(C(F)(F)F)c1CN(Cc1ccc(OC(F)F)cc1)Cc1cccc(OC(F)(F)C(F)F)c1. The minimum Gasteiger partial charge on any atom is -0.435 e. The van der Waals surface area contributed by atoms with Crippen molar-refractivity contribution in [3.05, 3.63) is 101 Å².